The Balaban J connectivity index is 1.51. The van der Waals surface area contributed by atoms with E-state index in [-0.39, 0.29) is 0 Å². The molecule has 0 atom stereocenters. The lowest BCUT2D eigenvalue weighted by Gasteiger charge is -2.23. The Labute approximate surface area is 167 Å². The van der Waals surface area contributed by atoms with E-state index in [0.29, 0.717) is 24.0 Å². The van der Waals surface area contributed by atoms with Crippen LogP contribution >= 0.6 is 0 Å². The monoisotopic (exact) mass is 400 g/mol. The maximum absolute atomic E-state index is 13.1. The molecule has 0 aliphatic carbocycles. The smallest absolute Gasteiger partial charge is 0.243 e. The number of nitrogens with one attached hydrogen (secondary N) is 1. The van der Waals surface area contributed by atoms with Gasteiger partial charge in [-0.05, 0) is 42.9 Å². The van der Waals surface area contributed by atoms with Crippen molar-refractivity contribution in [2.24, 2.45) is 0 Å². The molecule has 0 saturated carbocycles. The van der Waals surface area contributed by atoms with Gasteiger partial charge in [0.25, 0.3) is 0 Å². The van der Waals surface area contributed by atoms with Crippen LogP contribution in [0.15, 0.2) is 53.4 Å². The SMILES string of the molecule is O=S(=O)(c1ccccc1-c1ccc(CNC2CCOCC2)cc1)N1CCCC1. The van der Waals surface area contributed by atoms with Crippen LogP contribution in [0.5, 0.6) is 0 Å². The van der Waals surface area contributed by atoms with Crippen LogP contribution in [0.4, 0.5) is 0 Å². The summed E-state index contributed by atoms with van der Waals surface area (Å²) in [5.74, 6) is 0. The van der Waals surface area contributed by atoms with Gasteiger partial charge in [-0.3, -0.25) is 0 Å². The summed E-state index contributed by atoms with van der Waals surface area (Å²) in [6.45, 7) is 3.72. The first kappa shape index (κ1) is 19.6. The Morgan fingerprint density at radius 2 is 1.64 bits per heavy atom. The zero-order valence-electron chi connectivity index (χ0n) is 16.1. The lowest BCUT2D eigenvalue weighted by atomic mass is 10.0. The third-order valence-corrected chi connectivity index (χ3v) is 7.61. The average molecular weight is 401 g/mol. The van der Waals surface area contributed by atoms with E-state index < -0.39 is 10.0 Å². The summed E-state index contributed by atoms with van der Waals surface area (Å²) in [4.78, 5) is 0.407. The topological polar surface area (TPSA) is 58.6 Å². The van der Waals surface area contributed by atoms with Gasteiger partial charge in [-0.25, -0.2) is 8.42 Å². The van der Waals surface area contributed by atoms with E-state index in [2.05, 4.69) is 17.4 Å². The van der Waals surface area contributed by atoms with Crippen molar-refractivity contribution in [3.05, 3.63) is 54.1 Å². The Morgan fingerprint density at radius 1 is 0.964 bits per heavy atom. The van der Waals surface area contributed by atoms with Crippen LogP contribution in [0.3, 0.4) is 0 Å². The van der Waals surface area contributed by atoms with Gasteiger partial charge in [-0.1, -0.05) is 42.5 Å². The molecule has 5 nitrogen and oxygen atoms in total. The maximum atomic E-state index is 13.1. The normalized spacial score (nSPS) is 19.1. The van der Waals surface area contributed by atoms with Gasteiger partial charge >= 0.3 is 0 Å². The van der Waals surface area contributed by atoms with Gasteiger partial charge in [-0.15, -0.1) is 0 Å². The number of sulfonamides is 1. The summed E-state index contributed by atoms with van der Waals surface area (Å²) in [6.07, 6.45) is 3.99. The van der Waals surface area contributed by atoms with Crippen LogP contribution in [0.25, 0.3) is 11.1 Å². The minimum atomic E-state index is -3.44. The van der Waals surface area contributed by atoms with Gasteiger partial charge in [-0.2, -0.15) is 4.31 Å². The molecule has 4 rings (SSSR count). The number of hydrogen-bond donors (Lipinski definition) is 1. The highest BCUT2D eigenvalue weighted by Gasteiger charge is 2.29. The highest BCUT2D eigenvalue weighted by Crippen LogP contribution is 2.31. The first-order chi connectivity index (χ1) is 13.6. The minimum absolute atomic E-state index is 0.407. The minimum Gasteiger partial charge on any atom is -0.381 e. The number of benzene rings is 2. The fraction of sp³-hybridized carbons (Fsp3) is 0.455. The molecular formula is C22H28N2O3S. The molecular weight excluding hydrogens is 372 g/mol. The number of hydrogen-bond acceptors (Lipinski definition) is 4. The number of nitrogens with zero attached hydrogens (tertiary/aromatic N) is 1. The van der Waals surface area contributed by atoms with E-state index in [1.54, 1.807) is 16.4 Å². The van der Waals surface area contributed by atoms with Crippen molar-refractivity contribution >= 4 is 10.0 Å². The molecule has 0 bridgehead atoms. The predicted octanol–water partition coefficient (Wildman–Crippen LogP) is 3.41. The highest BCUT2D eigenvalue weighted by molar-refractivity contribution is 7.89. The zero-order valence-corrected chi connectivity index (χ0v) is 17.0. The predicted molar refractivity (Wildman–Crippen MR) is 111 cm³/mol. The summed E-state index contributed by atoms with van der Waals surface area (Å²) in [5.41, 5.74) is 2.92. The van der Waals surface area contributed by atoms with E-state index in [4.69, 9.17) is 4.74 Å². The van der Waals surface area contributed by atoms with Crippen molar-refractivity contribution in [3.8, 4) is 11.1 Å². The number of ether oxygens (including phenoxy) is 1. The van der Waals surface area contributed by atoms with Crippen LogP contribution in [0.2, 0.25) is 0 Å². The Hall–Kier alpha value is -1.73. The van der Waals surface area contributed by atoms with Gasteiger partial charge in [0.05, 0.1) is 4.90 Å². The first-order valence-electron chi connectivity index (χ1n) is 10.1. The molecule has 28 heavy (non-hydrogen) atoms. The molecule has 2 aromatic rings. The van der Waals surface area contributed by atoms with Crippen molar-refractivity contribution in [2.75, 3.05) is 26.3 Å². The lowest BCUT2D eigenvalue weighted by Crippen LogP contribution is -2.34. The quantitative estimate of drug-likeness (QED) is 0.807. The van der Waals surface area contributed by atoms with Crippen LogP contribution < -0.4 is 5.32 Å². The molecule has 2 aromatic carbocycles. The van der Waals surface area contributed by atoms with E-state index in [1.165, 1.54) is 5.56 Å². The molecule has 0 amide bonds. The molecule has 2 fully saturated rings. The maximum Gasteiger partial charge on any atom is 0.243 e. The zero-order chi connectivity index (χ0) is 19.4. The summed E-state index contributed by atoms with van der Waals surface area (Å²) < 4.78 is 33.2. The average Bonchev–Trinajstić information content (AvgIpc) is 3.29. The molecule has 150 valence electrons. The van der Waals surface area contributed by atoms with Gasteiger partial charge in [0.15, 0.2) is 0 Å². The van der Waals surface area contributed by atoms with Crippen LogP contribution in [-0.4, -0.2) is 45.1 Å². The van der Waals surface area contributed by atoms with E-state index in [9.17, 15) is 8.42 Å². The third-order valence-electron chi connectivity index (χ3n) is 5.65. The molecule has 0 spiro atoms. The van der Waals surface area contributed by atoms with Crippen LogP contribution in [0, 0.1) is 0 Å². The van der Waals surface area contributed by atoms with Crippen molar-refractivity contribution in [3.63, 3.8) is 0 Å². The molecule has 2 heterocycles. The summed E-state index contributed by atoms with van der Waals surface area (Å²) in [6, 6.07) is 16.1. The summed E-state index contributed by atoms with van der Waals surface area (Å²) >= 11 is 0. The van der Waals surface area contributed by atoms with Crippen molar-refractivity contribution in [2.45, 2.75) is 43.2 Å². The molecule has 6 heteroatoms. The van der Waals surface area contributed by atoms with Gasteiger partial charge in [0.2, 0.25) is 10.0 Å². The fourth-order valence-corrected chi connectivity index (χ4v) is 5.70. The Kier molecular flexibility index (Phi) is 6.11. The Morgan fingerprint density at radius 3 is 2.36 bits per heavy atom. The van der Waals surface area contributed by atoms with Gasteiger partial charge < -0.3 is 10.1 Å². The third kappa shape index (κ3) is 4.30. The van der Waals surface area contributed by atoms with E-state index in [1.807, 2.05) is 24.3 Å². The van der Waals surface area contributed by atoms with Crippen molar-refractivity contribution in [1.82, 2.24) is 9.62 Å². The molecule has 0 unspecified atom stereocenters. The lowest BCUT2D eigenvalue weighted by molar-refractivity contribution is 0.0776. The molecule has 2 aliphatic heterocycles. The second-order valence-electron chi connectivity index (χ2n) is 7.57. The largest absolute Gasteiger partial charge is 0.381 e. The number of rotatable bonds is 6. The van der Waals surface area contributed by atoms with Gasteiger partial charge in [0.1, 0.15) is 0 Å². The molecule has 0 aromatic heterocycles. The van der Waals surface area contributed by atoms with Crippen LogP contribution in [0.1, 0.15) is 31.2 Å². The Bertz CT molecular complexity index is 884. The van der Waals surface area contributed by atoms with Crippen LogP contribution in [-0.2, 0) is 21.3 Å². The summed E-state index contributed by atoms with van der Waals surface area (Å²) in [5, 5.41) is 3.59. The molecule has 2 aliphatic rings. The first-order valence-corrected chi connectivity index (χ1v) is 11.6. The second-order valence-corrected chi connectivity index (χ2v) is 9.48. The van der Waals surface area contributed by atoms with E-state index >= 15 is 0 Å². The highest BCUT2D eigenvalue weighted by atomic mass is 32.2. The standard InChI is InChI=1S/C22H28N2O3S/c25-28(26,24-13-3-4-14-24)22-6-2-1-5-21(22)19-9-7-18(8-10-19)17-23-20-11-15-27-16-12-20/h1-2,5-10,20,23H,3-4,11-17H2. The fourth-order valence-electron chi connectivity index (χ4n) is 3.96. The van der Waals surface area contributed by atoms with E-state index in [0.717, 1.165) is 56.6 Å². The molecule has 0 radical (unpaired) electrons. The second kappa shape index (κ2) is 8.74. The van der Waals surface area contributed by atoms with Crippen molar-refractivity contribution < 1.29 is 13.2 Å². The molecule has 2 saturated heterocycles. The summed E-state index contributed by atoms with van der Waals surface area (Å²) in [7, 11) is -3.44. The van der Waals surface area contributed by atoms with Crippen molar-refractivity contribution in [1.29, 1.82) is 0 Å². The molecule has 1 N–H and O–H groups in total. The van der Waals surface area contributed by atoms with Gasteiger partial charge in [0, 0.05) is 44.5 Å².